The number of carbonyl (C=O) groups excluding carboxylic acids is 1. The molecule has 1 aromatic heterocycles. The fourth-order valence-corrected chi connectivity index (χ4v) is 2.77. The molecule has 0 bridgehead atoms. The maximum atomic E-state index is 12.1. The Morgan fingerprint density at radius 2 is 2.04 bits per heavy atom. The molecule has 1 unspecified atom stereocenters. The summed E-state index contributed by atoms with van der Waals surface area (Å²) in [6.07, 6.45) is 3.12. The van der Waals surface area contributed by atoms with Crippen molar-refractivity contribution in [1.29, 1.82) is 0 Å². The number of halogens is 1. The van der Waals surface area contributed by atoms with Crippen molar-refractivity contribution in [1.82, 2.24) is 20.1 Å². The third-order valence-corrected chi connectivity index (χ3v) is 4.18. The van der Waals surface area contributed by atoms with Crippen molar-refractivity contribution in [3.05, 3.63) is 71.3 Å². The van der Waals surface area contributed by atoms with Crippen LogP contribution in [0.15, 0.2) is 55.1 Å². The lowest BCUT2D eigenvalue weighted by atomic mass is 10.1. The van der Waals surface area contributed by atoms with Gasteiger partial charge in [0.05, 0.1) is 11.7 Å². The van der Waals surface area contributed by atoms with Crippen molar-refractivity contribution in [2.75, 3.05) is 6.61 Å². The van der Waals surface area contributed by atoms with E-state index in [9.17, 15) is 4.79 Å². The van der Waals surface area contributed by atoms with Crippen LogP contribution in [0, 0.1) is 6.92 Å². The van der Waals surface area contributed by atoms with E-state index in [-0.39, 0.29) is 18.6 Å². The molecule has 1 heterocycles. The molecule has 0 aliphatic carbocycles. The van der Waals surface area contributed by atoms with E-state index in [1.165, 1.54) is 6.33 Å². The quantitative estimate of drug-likeness (QED) is 0.721. The molecule has 0 fully saturated rings. The minimum Gasteiger partial charge on any atom is -0.484 e. The Morgan fingerprint density at radius 1 is 1.27 bits per heavy atom. The van der Waals surface area contributed by atoms with E-state index in [4.69, 9.17) is 16.3 Å². The van der Waals surface area contributed by atoms with Gasteiger partial charge in [0.25, 0.3) is 5.91 Å². The van der Waals surface area contributed by atoms with Crippen LogP contribution in [0.4, 0.5) is 0 Å². The van der Waals surface area contributed by atoms with Crippen LogP contribution in [0.5, 0.6) is 5.75 Å². The summed E-state index contributed by atoms with van der Waals surface area (Å²) in [6.45, 7) is 3.76. The van der Waals surface area contributed by atoms with Crippen molar-refractivity contribution >= 4 is 17.5 Å². The predicted molar refractivity (Wildman–Crippen MR) is 99.6 cm³/mol. The van der Waals surface area contributed by atoms with Crippen LogP contribution in [0.25, 0.3) is 5.69 Å². The number of aryl methyl sites for hydroxylation is 1. The molecule has 26 heavy (non-hydrogen) atoms. The van der Waals surface area contributed by atoms with Gasteiger partial charge in [-0.3, -0.25) is 4.79 Å². The van der Waals surface area contributed by atoms with Crippen LogP contribution in [0.1, 0.15) is 24.1 Å². The molecule has 0 radical (unpaired) electrons. The largest absolute Gasteiger partial charge is 0.484 e. The second-order valence-electron chi connectivity index (χ2n) is 5.92. The Labute approximate surface area is 156 Å². The van der Waals surface area contributed by atoms with Gasteiger partial charge in [0.1, 0.15) is 18.4 Å². The second kappa shape index (κ2) is 8.01. The molecule has 1 N–H and O–H groups in total. The maximum Gasteiger partial charge on any atom is 0.258 e. The van der Waals surface area contributed by atoms with Crippen molar-refractivity contribution in [2.24, 2.45) is 0 Å². The highest BCUT2D eigenvalue weighted by Gasteiger charge is 2.11. The van der Waals surface area contributed by atoms with E-state index >= 15 is 0 Å². The number of ether oxygens (including phenoxy) is 1. The third kappa shape index (κ3) is 4.40. The molecule has 134 valence electrons. The smallest absolute Gasteiger partial charge is 0.258 e. The van der Waals surface area contributed by atoms with E-state index < -0.39 is 0 Å². The van der Waals surface area contributed by atoms with Crippen LogP contribution in [0.2, 0.25) is 5.02 Å². The van der Waals surface area contributed by atoms with Gasteiger partial charge in [-0.15, -0.1) is 0 Å². The van der Waals surface area contributed by atoms with Crippen LogP contribution < -0.4 is 10.1 Å². The molecule has 0 aliphatic rings. The fourth-order valence-electron chi connectivity index (χ4n) is 2.54. The third-order valence-electron chi connectivity index (χ3n) is 3.95. The summed E-state index contributed by atoms with van der Waals surface area (Å²) in [4.78, 5) is 16.1. The zero-order valence-electron chi connectivity index (χ0n) is 14.5. The van der Waals surface area contributed by atoms with Crippen molar-refractivity contribution in [3.63, 3.8) is 0 Å². The van der Waals surface area contributed by atoms with E-state index in [0.717, 1.165) is 16.8 Å². The van der Waals surface area contributed by atoms with Crippen LogP contribution in [-0.2, 0) is 4.79 Å². The molecule has 7 heteroatoms. The summed E-state index contributed by atoms with van der Waals surface area (Å²) in [5.41, 5.74) is 2.79. The van der Waals surface area contributed by atoms with Gasteiger partial charge in [-0.25, -0.2) is 9.67 Å². The number of carbonyl (C=O) groups is 1. The maximum absolute atomic E-state index is 12.1. The molecule has 3 aromatic rings. The predicted octanol–water partition coefficient (Wildman–Crippen LogP) is 3.49. The molecule has 6 nitrogen and oxygen atoms in total. The average molecular weight is 371 g/mol. The number of aromatic nitrogens is 3. The summed E-state index contributed by atoms with van der Waals surface area (Å²) in [7, 11) is 0. The standard InChI is InChI=1S/C19H19ClN4O2/c1-13-9-16(20)5-8-18(13)26-10-19(25)23-14(2)15-3-6-17(7-4-15)24-12-21-11-22-24/h3-9,11-12,14H,10H2,1-2H3,(H,23,25). The van der Waals surface area contributed by atoms with E-state index in [0.29, 0.717) is 10.8 Å². The number of benzene rings is 2. The van der Waals surface area contributed by atoms with Gasteiger partial charge in [-0.2, -0.15) is 5.10 Å². The van der Waals surface area contributed by atoms with E-state index in [1.807, 2.05) is 38.1 Å². The molecule has 0 aliphatic heterocycles. The van der Waals surface area contributed by atoms with Gasteiger partial charge in [0.15, 0.2) is 6.61 Å². The molecule has 0 spiro atoms. The topological polar surface area (TPSA) is 69.0 Å². The number of rotatable bonds is 6. The van der Waals surface area contributed by atoms with Gasteiger partial charge in [-0.05, 0) is 55.3 Å². The number of amides is 1. The Hall–Kier alpha value is -2.86. The van der Waals surface area contributed by atoms with Gasteiger partial charge in [0.2, 0.25) is 0 Å². The summed E-state index contributed by atoms with van der Waals surface area (Å²) in [5.74, 6) is 0.460. The highest BCUT2D eigenvalue weighted by molar-refractivity contribution is 6.30. The first-order chi connectivity index (χ1) is 12.5. The van der Waals surface area contributed by atoms with Crippen LogP contribution in [-0.4, -0.2) is 27.3 Å². The number of hydrogen-bond donors (Lipinski definition) is 1. The zero-order chi connectivity index (χ0) is 18.5. The first-order valence-electron chi connectivity index (χ1n) is 8.16. The van der Waals surface area contributed by atoms with Gasteiger partial charge >= 0.3 is 0 Å². The first-order valence-corrected chi connectivity index (χ1v) is 8.54. The molecule has 1 atom stereocenters. The zero-order valence-corrected chi connectivity index (χ0v) is 15.3. The molecule has 1 amide bonds. The van der Waals surface area contributed by atoms with Crippen molar-refractivity contribution in [2.45, 2.75) is 19.9 Å². The minimum absolute atomic E-state index is 0.0517. The molecule has 0 saturated heterocycles. The second-order valence-corrected chi connectivity index (χ2v) is 6.36. The lowest BCUT2D eigenvalue weighted by Gasteiger charge is -2.16. The minimum atomic E-state index is -0.188. The Balaban J connectivity index is 1.55. The molecular formula is C19H19ClN4O2. The molecule has 2 aromatic carbocycles. The summed E-state index contributed by atoms with van der Waals surface area (Å²) >= 11 is 5.92. The van der Waals surface area contributed by atoms with Gasteiger partial charge in [-0.1, -0.05) is 23.7 Å². The first kappa shape index (κ1) is 17.9. The summed E-state index contributed by atoms with van der Waals surface area (Å²) < 4.78 is 7.25. The van der Waals surface area contributed by atoms with Crippen LogP contribution >= 0.6 is 11.6 Å². The van der Waals surface area contributed by atoms with E-state index in [2.05, 4.69) is 15.4 Å². The monoisotopic (exact) mass is 370 g/mol. The SMILES string of the molecule is Cc1cc(Cl)ccc1OCC(=O)NC(C)c1ccc(-n2cncn2)cc1. The molecule has 0 saturated carbocycles. The average Bonchev–Trinajstić information content (AvgIpc) is 3.16. The highest BCUT2D eigenvalue weighted by atomic mass is 35.5. The lowest BCUT2D eigenvalue weighted by molar-refractivity contribution is -0.123. The van der Waals surface area contributed by atoms with Gasteiger partial charge < -0.3 is 10.1 Å². The van der Waals surface area contributed by atoms with Crippen molar-refractivity contribution in [3.8, 4) is 11.4 Å². The molecular weight excluding hydrogens is 352 g/mol. The van der Waals surface area contributed by atoms with Gasteiger partial charge in [0, 0.05) is 5.02 Å². The van der Waals surface area contributed by atoms with Crippen LogP contribution in [0.3, 0.4) is 0 Å². The molecule has 3 rings (SSSR count). The highest BCUT2D eigenvalue weighted by Crippen LogP contribution is 2.21. The Morgan fingerprint density at radius 3 is 2.69 bits per heavy atom. The summed E-state index contributed by atoms with van der Waals surface area (Å²) in [6, 6.07) is 12.9. The summed E-state index contributed by atoms with van der Waals surface area (Å²) in [5, 5.41) is 7.65. The lowest BCUT2D eigenvalue weighted by Crippen LogP contribution is -2.31. The van der Waals surface area contributed by atoms with E-state index in [1.54, 1.807) is 29.2 Å². The number of hydrogen-bond acceptors (Lipinski definition) is 4. The fraction of sp³-hybridized carbons (Fsp3) is 0.211. The normalized spacial score (nSPS) is 11.8. The Kier molecular flexibility index (Phi) is 5.53. The Bertz CT molecular complexity index is 879. The number of nitrogens with one attached hydrogen (secondary N) is 1. The van der Waals surface area contributed by atoms with Crippen molar-refractivity contribution < 1.29 is 9.53 Å². The number of nitrogens with zero attached hydrogens (tertiary/aromatic N) is 3.